The van der Waals surface area contributed by atoms with E-state index in [4.69, 9.17) is 9.84 Å². The Balaban J connectivity index is 2.80. The van der Waals surface area contributed by atoms with Crippen LogP contribution < -0.4 is 5.32 Å². The van der Waals surface area contributed by atoms with E-state index in [-0.39, 0.29) is 12.5 Å². The Hall–Kier alpha value is -0.920. The van der Waals surface area contributed by atoms with Gasteiger partial charge in [-0.2, -0.15) is 0 Å². The second-order valence-electron chi connectivity index (χ2n) is 4.42. The molecule has 0 fully saturated rings. The second-order valence-corrected chi connectivity index (χ2v) is 6.92. The lowest BCUT2D eigenvalue weighted by atomic mass is 10.0. The van der Waals surface area contributed by atoms with E-state index in [2.05, 4.69) is 21.2 Å². The summed E-state index contributed by atoms with van der Waals surface area (Å²) in [5.74, 6) is -1.87. The molecule has 106 valence electrons. The van der Waals surface area contributed by atoms with E-state index in [9.17, 15) is 9.59 Å². The molecule has 0 saturated heterocycles. The molecule has 1 amide bonds. The number of methoxy groups -OCH3 is 1. The number of carbonyl (C=O) groups excluding carboxylic acids is 1. The number of carbonyl (C=O) groups is 2. The highest BCUT2D eigenvalue weighted by Gasteiger charge is 2.36. The number of nitrogens with one attached hydrogen (secondary N) is 1. The Morgan fingerprint density at radius 1 is 1.58 bits per heavy atom. The molecule has 0 radical (unpaired) electrons. The molecule has 0 aliphatic carbocycles. The van der Waals surface area contributed by atoms with Crippen molar-refractivity contribution in [1.82, 2.24) is 5.32 Å². The van der Waals surface area contributed by atoms with Crippen molar-refractivity contribution in [2.45, 2.75) is 25.3 Å². The number of rotatable bonds is 6. The van der Waals surface area contributed by atoms with Crippen LogP contribution in [0.15, 0.2) is 15.9 Å². The Kier molecular flexibility index (Phi) is 5.51. The molecule has 7 heteroatoms. The minimum Gasteiger partial charge on any atom is -0.479 e. The predicted octanol–water partition coefficient (Wildman–Crippen LogP) is 2.22. The minimum atomic E-state index is -1.42. The summed E-state index contributed by atoms with van der Waals surface area (Å²) in [7, 11) is 1.40. The quantitative estimate of drug-likeness (QED) is 0.825. The lowest BCUT2D eigenvalue weighted by Crippen LogP contribution is -2.56. The third-order valence-corrected chi connectivity index (χ3v) is 4.52. The average molecular weight is 350 g/mol. The summed E-state index contributed by atoms with van der Waals surface area (Å²) < 4.78 is 5.79. The van der Waals surface area contributed by atoms with E-state index in [1.807, 2.05) is 12.1 Å². The fourth-order valence-electron chi connectivity index (χ4n) is 1.51. The zero-order chi connectivity index (χ0) is 14.6. The zero-order valence-electron chi connectivity index (χ0n) is 10.9. The smallest absolute Gasteiger partial charge is 0.331 e. The van der Waals surface area contributed by atoms with Crippen LogP contribution in [0.25, 0.3) is 0 Å². The Bertz CT molecular complexity index is 476. The van der Waals surface area contributed by atoms with Crippen LogP contribution in [0.3, 0.4) is 0 Å². The fourth-order valence-corrected chi connectivity index (χ4v) is 2.98. The van der Waals surface area contributed by atoms with Gasteiger partial charge < -0.3 is 15.2 Å². The van der Waals surface area contributed by atoms with Gasteiger partial charge in [-0.1, -0.05) is 0 Å². The highest BCUT2D eigenvalue weighted by Crippen LogP contribution is 2.28. The number of amides is 1. The van der Waals surface area contributed by atoms with Crippen LogP contribution in [0, 0.1) is 0 Å². The summed E-state index contributed by atoms with van der Waals surface area (Å²) in [6.07, 6.45) is 0. The van der Waals surface area contributed by atoms with Crippen molar-refractivity contribution in [3.8, 4) is 0 Å². The van der Waals surface area contributed by atoms with Crippen molar-refractivity contribution in [1.29, 1.82) is 0 Å². The van der Waals surface area contributed by atoms with E-state index in [1.165, 1.54) is 25.4 Å². The standard InChI is InChI=1S/C12H16BrNO4S/c1-7(8-4-5-9(13)19-8)10(15)14-12(2,6-18-3)11(16)17/h4-5,7H,6H2,1-3H3,(H,14,15)(H,16,17). The van der Waals surface area contributed by atoms with Gasteiger partial charge in [-0.25, -0.2) is 4.79 Å². The normalized spacial score (nSPS) is 15.6. The first-order valence-corrected chi connectivity index (χ1v) is 7.20. The molecule has 2 N–H and O–H groups in total. The summed E-state index contributed by atoms with van der Waals surface area (Å²) >= 11 is 4.78. The molecule has 5 nitrogen and oxygen atoms in total. The predicted molar refractivity (Wildman–Crippen MR) is 76.5 cm³/mol. The topological polar surface area (TPSA) is 75.6 Å². The molecule has 19 heavy (non-hydrogen) atoms. The average Bonchev–Trinajstić information content (AvgIpc) is 2.74. The number of halogens is 1. The van der Waals surface area contributed by atoms with Gasteiger partial charge in [0.05, 0.1) is 16.3 Å². The lowest BCUT2D eigenvalue weighted by molar-refractivity contribution is -0.149. The molecule has 0 aliphatic rings. The Labute approximate surface area is 124 Å². The highest BCUT2D eigenvalue weighted by molar-refractivity contribution is 9.11. The summed E-state index contributed by atoms with van der Waals surface area (Å²) in [6.45, 7) is 3.07. The molecule has 2 unspecified atom stereocenters. The van der Waals surface area contributed by atoms with Crippen LogP contribution in [-0.4, -0.2) is 36.2 Å². The van der Waals surface area contributed by atoms with Crippen LogP contribution in [-0.2, 0) is 14.3 Å². The van der Waals surface area contributed by atoms with Crippen molar-refractivity contribution in [3.63, 3.8) is 0 Å². The van der Waals surface area contributed by atoms with E-state index in [1.54, 1.807) is 6.92 Å². The molecule has 1 aromatic heterocycles. The molecule has 2 atom stereocenters. The van der Waals surface area contributed by atoms with Crippen molar-refractivity contribution >= 4 is 39.1 Å². The van der Waals surface area contributed by atoms with Crippen molar-refractivity contribution in [2.24, 2.45) is 0 Å². The number of ether oxygens (including phenoxy) is 1. The molecular weight excluding hydrogens is 334 g/mol. The summed E-state index contributed by atoms with van der Waals surface area (Å²) in [6, 6.07) is 3.70. The van der Waals surface area contributed by atoms with Crippen molar-refractivity contribution in [2.75, 3.05) is 13.7 Å². The number of aliphatic carboxylic acids is 1. The molecule has 0 aliphatic heterocycles. The summed E-state index contributed by atoms with van der Waals surface area (Å²) in [4.78, 5) is 24.2. The first-order chi connectivity index (χ1) is 8.80. The SMILES string of the molecule is COCC(C)(NC(=O)C(C)c1ccc(Br)s1)C(=O)O. The maximum Gasteiger partial charge on any atom is 0.331 e. The molecule has 0 aromatic carbocycles. The maximum atomic E-state index is 12.1. The first kappa shape index (κ1) is 16.1. The Morgan fingerprint density at radius 2 is 2.21 bits per heavy atom. The molecule has 1 aromatic rings. The Morgan fingerprint density at radius 3 is 2.63 bits per heavy atom. The number of thiophene rings is 1. The molecule has 0 bridgehead atoms. The second kappa shape index (κ2) is 6.49. The zero-order valence-corrected chi connectivity index (χ0v) is 13.3. The van der Waals surface area contributed by atoms with Gasteiger partial charge in [0.15, 0.2) is 5.54 Å². The van der Waals surface area contributed by atoms with Gasteiger partial charge in [0.1, 0.15) is 0 Å². The number of hydrogen-bond acceptors (Lipinski definition) is 4. The van der Waals surface area contributed by atoms with Gasteiger partial charge in [-0.15, -0.1) is 11.3 Å². The molecule has 0 saturated carbocycles. The van der Waals surface area contributed by atoms with Crippen LogP contribution in [0.5, 0.6) is 0 Å². The molecule has 0 spiro atoms. The van der Waals surface area contributed by atoms with Gasteiger partial charge in [-0.3, -0.25) is 4.79 Å². The van der Waals surface area contributed by atoms with Gasteiger partial charge in [0, 0.05) is 12.0 Å². The van der Waals surface area contributed by atoms with E-state index in [0.29, 0.717) is 0 Å². The molecule has 1 heterocycles. The summed E-state index contributed by atoms with van der Waals surface area (Å²) in [5, 5.41) is 11.7. The van der Waals surface area contributed by atoms with Gasteiger partial charge in [-0.05, 0) is 41.9 Å². The third-order valence-electron chi connectivity index (χ3n) is 2.72. The van der Waals surface area contributed by atoms with E-state index < -0.39 is 17.4 Å². The molecule has 1 rings (SSSR count). The van der Waals surface area contributed by atoms with Gasteiger partial charge >= 0.3 is 5.97 Å². The van der Waals surface area contributed by atoms with Crippen LogP contribution in [0.2, 0.25) is 0 Å². The highest BCUT2D eigenvalue weighted by atomic mass is 79.9. The minimum absolute atomic E-state index is 0.0884. The third kappa shape index (κ3) is 4.02. The van der Waals surface area contributed by atoms with Crippen LogP contribution in [0.4, 0.5) is 0 Å². The van der Waals surface area contributed by atoms with Gasteiger partial charge in [0.25, 0.3) is 0 Å². The van der Waals surface area contributed by atoms with E-state index >= 15 is 0 Å². The molecular formula is C12H16BrNO4S. The number of hydrogen-bond donors (Lipinski definition) is 2. The fraction of sp³-hybridized carbons (Fsp3) is 0.500. The summed E-state index contributed by atoms with van der Waals surface area (Å²) in [5.41, 5.74) is -1.42. The van der Waals surface area contributed by atoms with E-state index in [0.717, 1.165) is 8.66 Å². The first-order valence-electron chi connectivity index (χ1n) is 5.59. The number of carboxylic acid groups (broad SMARTS) is 1. The van der Waals surface area contributed by atoms with Crippen LogP contribution in [0.1, 0.15) is 24.6 Å². The maximum absolute atomic E-state index is 12.1. The largest absolute Gasteiger partial charge is 0.479 e. The van der Waals surface area contributed by atoms with Crippen molar-refractivity contribution < 1.29 is 19.4 Å². The van der Waals surface area contributed by atoms with Crippen molar-refractivity contribution in [3.05, 3.63) is 20.8 Å². The number of carboxylic acids is 1. The van der Waals surface area contributed by atoms with Crippen LogP contribution >= 0.6 is 27.3 Å². The van der Waals surface area contributed by atoms with Gasteiger partial charge in [0.2, 0.25) is 5.91 Å². The monoisotopic (exact) mass is 349 g/mol. The lowest BCUT2D eigenvalue weighted by Gasteiger charge is -2.26.